The molecule has 1 aliphatic heterocycles. The molecule has 3 heterocycles. The van der Waals surface area contributed by atoms with Crippen LogP contribution in [-0.4, -0.2) is 22.6 Å². The van der Waals surface area contributed by atoms with Gasteiger partial charge in [-0.2, -0.15) is 0 Å². The van der Waals surface area contributed by atoms with Gasteiger partial charge in [0.05, 0.1) is 11.6 Å². The number of hydrogen-bond donors (Lipinski definition) is 2. The van der Waals surface area contributed by atoms with Crippen molar-refractivity contribution in [3.8, 4) is 0 Å². The largest absolute Gasteiger partial charge is 0.329 e. The van der Waals surface area contributed by atoms with Crippen molar-refractivity contribution in [2.75, 3.05) is 13.1 Å². The molecule has 0 bridgehead atoms. The van der Waals surface area contributed by atoms with Gasteiger partial charge in [0.25, 0.3) is 5.56 Å². The third-order valence-electron chi connectivity index (χ3n) is 3.17. The molecule has 5 nitrogen and oxygen atoms in total. The zero-order valence-corrected chi connectivity index (χ0v) is 10.0. The molecule has 1 fully saturated rings. The Hall–Kier alpha value is -1.40. The van der Waals surface area contributed by atoms with Gasteiger partial charge in [0.1, 0.15) is 4.70 Å². The number of H-pyrrole nitrogens is 1. The maximum Gasteiger partial charge on any atom is 0.329 e. The average molecular weight is 251 g/mol. The van der Waals surface area contributed by atoms with Gasteiger partial charge >= 0.3 is 5.69 Å². The lowest BCUT2D eigenvalue weighted by atomic mass is 10.1. The normalized spacial score (nSPS) is 20.8. The number of aromatic nitrogens is 2. The topological polar surface area (TPSA) is 66.9 Å². The molecule has 0 aromatic carbocycles. The predicted octanol–water partition coefficient (Wildman–Crippen LogP) is 0.676. The lowest BCUT2D eigenvalue weighted by Gasteiger charge is -2.23. The Morgan fingerprint density at radius 2 is 2.29 bits per heavy atom. The Bertz CT molecular complexity index is 649. The van der Waals surface area contributed by atoms with Crippen LogP contribution in [0.3, 0.4) is 0 Å². The molecule has 6 heteroatoms. The van der Waals surface area contributed by atoms with E-state index in [1.165, 1.54) is 15.9 Å². The number of nitrogens with one attached hydrogen (secondary N) is 2. The second-order valence-electron chi connectivity index (χ2n) is 4.27. The van der Waals surface area contributed by atoms with Gasteiger partial charge in [-0.25, -0.2) is 4.79 Å². The number of piperidine rings is 1. The fraction of sp³-hybridized carbons (Fsp3) is 0.455. The van der Waals surface area contributed by atoms with E-state index in [-0.39, 0.29) is 17.3 Å². The number of aromatic amines is 1. The summed E-state index contributed by atoms with van der Waals surface area (Å²) < 4.78 is 2.00. The van der Waals surface area contributed by atoms with E-state index in [9.17, 15) is 9.59 Å². The van der Waals surface area contributed by atoms with E-state index in [0.29, 0.717) is 16.8 Å². The fourth-order valence-corrected chi connectivity index (χ4v) is 3.12. The minimum Gasteiger partial charge on any atom is -0.315 e. The molecule has 90 valence electrons. The van der Waals surface area contributed by atoms with Crippen LogP contribution in [0.4, 0.5) is 0 Å². The van der Waals surface area contributed by atoms with E-state index < -0.39 is 0 Å². The average Bonchev–Trinajstić information content (AvgIpc) is 2.78. The zero-order valence-electron chi connectivity index (χ0n) is 9.23. The van der Waals surface area contributed by atoms with E-state index in [1.807, 2.05) is 5.38 Å². The SMILES string of the molecule is O=c1[nH]c2ccsc2c(=O)n1C1CCCNC1. The second kappa shape index (κ2) is 4.12. The van der Waals surface area contributed by atoms with Crippen LogP contribution in [-0.2, 0) is 0 Å². The molecule has 1 unspecified atom stereocenters. The van der Waals surface area contributed by atoms with Gasteiger partial charge in [-0.3, -0.25) is 9.36 Å². The molecule has 17 heavy (non-hydrogen) atoms. The molecule has 1 aliphatic rings. The number of nitrogens with zero attached hydrogens (tertiary/aromatic N) is 1. The van der Waals surface area contributed by atoms with E-state index >= 15 is 0 Å². The fourth-order valence-electron chi connectivity index (χ4n) is 2.34. The highest BCUT2D eigenvalue weighted by Gasteiger charge is 2.19. The molecule has 2 aromatic heterocycles. The first-order chi connectivity index (χ1) is 8.27. The summed E-state index contributed by atoms with van der Waals surface area (Å²) >= 11 is 1.38. The van der Waals surface area contributed by atoms with Crippen LogP contribution in [0.2, 0.25) is 0 Å². The Labute approximate surface area is 101 Å². The summed E-state index contributed by atoms with van der Waals surface area (Å²) in [5.41, 5.74) is 0.187. The third kappa shape index (κ3) is 1.73. The molecular formula is C11H13N3O2S. The first-order valence-electron chi connectivity index (χ1n) is 5.70. The molecule has 0 saturated carbocycles. The molecule has 2 aromatic rings. The summed E-state index contributed by atoms with van der Waals surface area (Å²) in [5.74, 6) is 0. The van der Waals surface area contributed by atoms with Gasteiger partial charge < -0.3 is 10.3 Å². The summed E-state index contributed by atoms with van der Waals surface area (Å²) in [6, 6.07) is 1.75. The van der Waals surface area contributed by atoms with Crippen molar-refractivity contribution in [3.05, 3.63) is 32.3 Å². The summed E-state index contributed by atoms with van der Waals surface area (Å²) in [6.07, 6.45) is 1.88. The molecule has 3 rings (SSSR count). The van der Waals surface area contributed by atoms with Crippen molar-refractivity contribution in [1.82, 2.24) is 14.9 Å². The number of rotatable bonds is 1. The van der Waals surface area contributed by atoms with Crippen molar-refractivity contribution in [2.24, 2.45) is 0 Å². The maximum atomic E-state index is 12.2. The minimum absolute atomic E-state index is 0.0218. The lowest BCUT2D eigenvalue weighted by molar-refractivity contribution is 0.356. The molecule has 0 radical (unpaired) electrons. The second-order valence-corrected chi connectivity index (χ2v) is 5.18. The minimum atomic E-state index is -0.297. The van der Waals surface area contributed by atoms with Crippen LogP contribution in [0.1, 0.15) is 18.9 Å². The van der Waals surface area contributed by atoms with Gasteiger partial charge in [-0.15, -0.1) is 11.3 Å². The van der Waals surface area contributed by atoms with Gasteiger partial charge in [-0.05, 0) is 30.8 Å². The van der Waals surface area contributed by atoms with Crippen molar-refractivity contribution in [1.29, 1.82) is 0 Å². The molecule has 0 amide bonds. The predicted molar refractivity (Wildman–Crippen MR) is 67.8 cm³/mol. The van der Waals surface area contributed by atoms with Gasteiger partial charge in [0.2, 0.25) is 0 Å². The van der Waals surface area contributed by atoms with Crippen molar-refractivity contribution >= 4 is 21.6 Å². The molecule has 0 aliphatic carbocycles. The van der Waals surface area contributed by atoms with Crippen molar-refractivity contribution in [2.45, 2.75) is 18.9 Å². The van der Waals surface area contributed by atoms with Crippen LogP contribution < -0.4 is 16.6 Å². The van der Waals surface area contributed by atoms with E-state index in [0.717, 1.165) is 19.4 Å². The first kappa shape index (κ1) is 10.7. The smallest absolute Gasteiger partial charge is 0.315 e. The highest BCUT2D eigenvalue weighted by atomic mass is 32.1. The van der Waals surface area contributed by atoms with Crippen LogP contribution in [0.15, 0.2) is 21.0 Å². The van der Waals surface area contributed by atoms with Gasteiger partial charge in [0.15, 0.2) is 0 Å². The lowest BCUT2D eigenvalue weighted by Crippen LogP contribution is -2.43. The Morgan fingerprint density at radius 3 is 3.06 bits per heavy atom. The van der Waals surface area contributed by atoms with Crippen LogP contribution >= 0.6 is 11.3 Å². The Morgan fingerprint density at radius 1 is 1.41 bits per heavy atom. The van der Waals surface area contributed by atoms with Crippen LogP contribution in [0.5, 0.6) is 0 Å². The molecule has 1 atom stereocenters. The molecule has 2 N–H and O–H groups in total. The molecule has 0 spiro atoms. The highest BCUT2D eigenvalue weighted by molar-refractivity contribution is 7.17. The zero-order chi connectivity index (χ0) is 11.8. The summed E-state index contributed by atoms with van der Waals surface area (Å²) in [5, 5.41) is 5.05. The van der Waals surface area contributed by atoms with E-state index in [2.05, 4.69) is 10.3 Å². The third-order valence-corrected chi connectivity index (χ3v) is 4.08. The summed E-state index contributed by atoms with van der Waals surface area (Å²) in [4.78, 5) is 26.9. The van der Waals surface area contributed by atoms with Crippen molar-refractivity contribution in [3.63, 3.8) is 0 Å². The van der Waals surface area contributed by atoms with Crippen LogP contribution in [0, 0.1) is 0 Å². The van der Waals surface area contributed by atoms with E-state index in [1.54, 1.807) is 6.07 Å². The first-order valence-corrected chi connectivity index (χ1v) is 6.58. The Kier molecular flexibility index (Phi) is 2.60. The monoisotopic (exact) mass is 251 g/mol. The maximum absolute atomic E-state index is 12.2. The summed E-state index contributed by atoms with van der Waals surface area (Å²) in [6.45, 7) is 1.66. The quantitative estimate of drug-likeness (QED) is 0.783. The van der Waals surface area contributed by atoms with Crippen molar-refractivity contribution < 1.29 is 0 Å². The highest BCUT2D eigenvalue weighted by Crippen LogP contribution is 2.16. The van der Waals surface area contributed by atoms with E-state index in [4.69, 9.17) is 0 Å². The Balaban J connectivity index is 2.20. The standard InChI is InChI=1S/C11H13N3O2S/c15-10-9-8(3-5-17-9)13-11(16)14(10)7-2-1-4-12-6-7/h3,5,7,12H,1-2,4,6H2,(H,13,16). The number of hydrogen-bond acceptors (Lipinski definition) is 4. The van der Waals surface area contributed by atoms with Gasteiger partial charge in [0, 0.05) is 6.54 Å². The number of thiophene rings is 1. The van der Waals surface area contributed by atoms with Crippen LogP contribution in [0.25, 0.3) is 10.2 Å². The molecular weight excluding hydrogens is 238 g/mol. The summed E-state index contributed by atoms with van der Waals surface area (Å²) in [7, 11) is 0. The number of fused-ring (bicyclic) bond motifs is 1. The van der Waals surface area contributed by atoms with Gasteiger partial charge in [-0.1, -0.05) is 0 Å². The molecule has 1 saturated heterocycles.